The van der Waals surface area contributed by atoms with Gasteiger partial charge in [-0.3, -0.25) is 0 Å². The minimum atomic E-state index is -1.80. The number of allylic oxidation sites excluding steroid dienone is 1. The van der Waals surface area contributed by atoms with Crippen molar-refractivity contribution < 1.29 is 4.39 Å². The lowest BCUT2D eigenvalue weighted by molar-refractivity contribution is 0.506. The molecule has 0 radical (unpaired) electrons. The number of halogens is 5. The molecule has 0 aromatic carbocycles. The highest BCUT2D eigenvalue weighted by Gasteiger charge is 2.08. The van der Waals surface area contributed by atoms with E-state index < -0.39 is 5.63 Å². The summed E-state index contributed by atoms with van der Waals surface area (Å²) in [5.74, 6) is 0. The molecule has 1 unspecified atom stereocenters. The molecule has 1 atom stereocenters. The first-order valence-electron chi connectivity index (χ1n) is 1.54. The molecule has 0 aromatic rings. The zero-order chi connectivity index (χ0) is 6.73. The van der Waals surface area contributed by atoms with Crippen molar-refractivity contribution in [3.8, 4) is 0 Å². The fraction of sp³-hybridized carbons (Fsp3) is 0.333. The van der Waals surface area contributed by atoms with Crippen LogP contribution in [0.15, 0.2) is 9.52 Å². The maximum atomic E-state index is 11.8. The van der Waals surface area contributed by atoms with Gasteiger partial charge in [-0.15, -0.1) is 0 Å². The number of hydrogen-bond acceptors (Lipinski definition) is 0. The molecule has 0 amide bonds. The van der Waals surface area contributed by atoms with Crippen molar-refractivity contribution in [1.29, 1.82) is 0 Å². The summed E-state index contributed by atoms with van der Waals surface area (Å²) in [6.45, 7) is 0. The summed E-state index contributed by atoms with van der Waals surface area (Å²) in [6, 6.07) is 0. The van der Waals surface area contributed by atoms with Crippen LogP contribution in [0, 0.1) is 0 Å². The van der Waals surface area contributed by atoms with E-state index in [-0.39, 0.29) is 9.52 Å². The van der Waals surface area contributed by atoms with Crippen LogP contribution in [0.1, 0.15) is 0 Å². The second-order valence-corrected chi connectivity index (χ2v) is 2.65. The molecule has 0 nitrogen and oxygen atoms in total. The zero-order valence-electron chi connectivity index (χ0n) is 3.47. The molecule has 5 heteroatoms. The van der Waals surface area contributed by atoms with Crippen LogP contribution < -0.4 is 0 Å². The normalized spacial score (nSPS) is 13.1. The third-order valence-corrected chi connectivity index (χ3v) is 1.68. The zero-order valence-corrected chi connectivity index (χ0v) is 6.49. The Morgan fingerprint density at radius 1 is 1.25 bits per heavy atom. The highest BCUT2D eigenvalue weighted by atomic mass is 35.5. The Hall–Kier alpha value is 0.830. The van der Waals surface area contributed by atoms with E-state index in [1.54, 1.807) is 0 Å². The minimum absolute atomic E-state index is 0.339. The van der Waals surface area contributed by atoms with Crippen molar-refractivity contribution in [3.63, 3.8) is 0 Å². The maximum Gasteiger partial charge on any atom is 0.211 e. The highest BCUT2D eigenvalue weighted by Crippen LogP contribution is 2.24. The average Bonchev–Trinajstić information content (AvgIpc) is 1.64. The molecule has 0 aromatic heterocycles. The van der Waals surface area contributed by atoms with Gasteiger partial charge in [0.05, 0.1) is 5.03 Å². The van der Waals surface area contributed by atoms with Crippen LogP contribution in [0.5, 0.6) is 0 Å². The van der Waals surface area contributed by atoms with Gasteiger partial charge >= 0.3 is 0 Å². The van der Waals surface area contributed by atoms with Crippen molar-refractivity contribution in [2.24, 2.45) is 0 Å². The van der Waals surface area contributed by atoms with Crippen LogP contribution >= 0.6 is 46.4 Å². The molecule has 0 heterocycles. The molecule has 0 spiro atoms. The fourth-order valence-electron chi connectivity index (χ4n) is 0.0825. The second-order valence-electron chi connectivity index (χ2n) is 0.909. The van der Waals surface area contributed by atoms with Gasteiger partial charge < -0.3 is 0 Å². The number of rotatable bonds is 1. The van der Waals surface area contributed by atoms with Gasteiger partial charge in [-0.05, 0) is 0 Å². The van der Waals surface area contributed by atoms with Gasteiger partial charge in [0.15, 0.2) is 0 Å². The average molecular weight is 198 g/mol. The lowest BCUT2D eigenvalue weighted by atomic mass is 10.7. The third kappa shape index (κ3) is 2.98. The van der Waals surface area contributed by atoms with E-state index in [1.165, 1.54) is 0 Å². The molecular formula is C3HCl4F. The first-order valence-corrected chi connectivity index (χ1v) is 3.11. The molecule has 0 rings (SSSR count). The largest absolute Gasteiger partial charge is 0.224 e. The van der Waals surface area contributed by atoms with E-state index in [0.29, 0.717) is 0 Å². The molecule has 48 valence electrons. The Morgan fingerprint density at radius 3 is 1.62 bits per heavy atom. The van der Waals surface area contributed by atoms with Gasteiger partial charge in [0, 0.05) is 0 Å². The lowest BCUT2D eigenvalue weighted by Gasteiger charge is -1.93. The van der Waals surface area contributed by atoms with Crippen LogP contribution in [0.25, 0.3) is 0 Å². The summed E-state index contributed by atoms with van der Waals surface area (Å²) in [6.07, 6.45) is 0. The van der Waals surface area contributed by atoms with Gasteiger partial charge in [0.2, 0.25) is 5.63 Å². The smallest absolute Gasteiger partial charge is 0.211 e. The van der Waals surface area contributed by atoms with Crippen LogP contribution in [-0.4, -0.2) is 5.63 Å². The predicted octanol–water partition coefficient (Wildman–Crippen LogP) is 3.41. The minimum Gasteiger partial charge on any atom is -0.224 e. The standard InChI is InChI=1S/C3HCl4F/c4-1(2(5)6)3(7)8/h3H. The van der Waals surface area contributed by atoms with Crippen molar-refractivity contribution in [1.82, 2.24) is 0 Å². The number of alkyl halides is 2. The summed E-state index contributed by atoms with van der Waals surface area (Å²) in [7, 11) is 0. The summed E-state index contributed by atoms with van der Waals surface area (Å²) >= 11 is 19.9. The molecule has 0 aliphatic heterocycles. The Balaban J connectivity index is 4.00. The molecule has 0 bridgehead atoms. The van der Waals surface area contributed by atoms with Crippen LogP contribution in [0.2, 0.25) is 0 Å². The summed E-state index contributed by atoms with van der Waals surface area (Å²) < 4.78 is 11.4. The Kier molecular flexibility index (Phi) is 4.17. The summed E-state index contributed by atoms with van der Waals surface area (Å²) in [5.41, 5.74) is -1.80. The molecule has 0 saturated carbocycles. The molecule has 0 fully saturated rings. The van der Waals surface area contributed by atoms with Gasteiger partial charge in [-0.2, -0.15) is 0 Å². The number of hydrogen-bond donors (Lipinski definition) is 0. The van der Waals surface area contributed by atoms with Gasteiger partial charge in [-0.25, -0.2) is 4.39 Å². The monoisotopic (exact) mass is 196 g/mol. The van der Waals surface area contributed by atoms with E-state index in [2.05, 4.69) is 0 Å². The molecule has 0 aliphatic carbocycles. The Labute approximate surface area is 66.2 Å². The third-order valence-electron chi connectivity index (χ3n) is 0.372. The fourth-order valence-corrected chi connectivity index (χ4v) is 0.495. The van der Waals surface area contributed by atoms with Crippen LogP contribution in [-0.2, 0) is 0 Å². The van der Waals surface area contributed by atoms with Crippen LogP contribution in [0.3, 0.4) is 0 Å². The Bertz CT molecular complexity index is 104. The van der Waals surface area contributed by atoms with Crippen molar-refractivity contribution in [3.05, 3.63) is 9.52 Å². The molecule has 0 aliphatic rings. The molecule has 0 saturated heterocycles. The van der Waals surface area contributed by atoms with Gasteiger partial charge in [0.1, 0.15) is 4.49 Å². The summed E-state index contributed by atoms with van der Waals surface area (Å²) in [4.78, 5) is 0. The van der Waals surface area contributed by atoms with Gasteiger partial charge in [0.25, 0.3) is 0 Å². The quantitative estimate of drug-likeness (QED) is 0.566. The first-order chi connectivity index (χ1) is 3.55. The summed E-state index contributed by atoms with van der Waals surface area (Å²) in [5, 5.41) is -0.380. The molecule has 8 heavy (non-hydrogen) atoms. The first kappa shape index (κ1) is 8.83. The molecule has 0 N–H and O–H groups in total. The topological polar surface area (TPSA) is 0 Å². The van der Waals surface area contributed by atoms with E-state index in [9.17, 15) is 4.39 Å². The second kappa shape index (κ2) is 3.78. The maximum absolute atomic E-state index is 11.8. The predicted molar refractivity (Wildman–Crippen MR) is 35.3 cm³/mol. The SMILES string of the molecule is FC(Cl)C(Cl)=C(Cl)Cl. The van der Waals surface area contributed by atoms with E-state index in [0.717, 1.165) is 0 Å². The van der Waals surface area contributed by atoms with E-state index in [4.69, 9.17) is 46.4 Å². The van der Waals surface area contributed by atoms with Crippen LogP contribution in [0.4, 0.5) is 4.39 Å². The molecular weight excluding hydrogens is 197 g/mol. The highest BCUT2D eigenvalue weighted by molar-refractivity contribution is 6.60. The van der Waals surface area contributed by atoms with E-state index in [1.807, 2.05) is 0 Å². The lowest BCUT2D eigenvalue weighted by Crippen LogP contribution is -1.86. The van der Waals surface area contributed by atoms with E-state index >= 15 is 0 Å². The van der Waals surface area contributed by atoms with Gasteiger partial charge in [-0.1, -0.05) is 46.4 Å². The van der Waals surface area contributed by atoms with Crippen molar-refractivity contribution in [2.75, 3.05) is 0 Å². The van der Waals surface area contributed by atoms with Crippen molar-refractivity contribution >= 4 is 46.4 Å². The van der Waals surface area contributed by atoms with Crippen molar-refractivity contribution in [2.45, 2.75) is 5.63 Å². The Morgan fingerprint density at radius 2 is 1.62 bits per heavy atom.